The number of aromatic nitrogens is 3. The zero-order valence-corrected chi connectivity index (χ0v) is 12.0. The maximum absolute atomic E-state index is 5.79. The predicted molar refractivity (Wildman–Crippen MR) is 83.4 cm³/mol. The van der Waals surface area contributed by atoms with Crippen LogP contribution < -0.4 is 11.3 Å². The van der Waals surface area contributed by atoms with Gasteiger partial charge in [-0.25, -0.2) is 0 Å². The molecule has 108 valence electrons. The van der Waals surface area contributed by atoms with Gasteiger partial charge in [-0.3, -0.25) is 20.9 Å². The molecule has 1 atom stereocenters. The molecular weight excluding hydrogens is 262 g/mol. The SMILES string of the molecule is CCn1cc(CC(NN)c2ccnc3ccccc23)cn1. The lowest BCUT2D eigenvalue weighted by atomic mass is 9.98. The molecule has 0 bridgehead atoms. The fourth-order valence-electron chi connectivity index (χ4n) is 2.60. The van der Waals surface area contributed by atoms with E-state index >= 15 is 0 Å². The number of para-hydroxylation sites is 1. The zero-order valence-electron chi connectivity index (χ0n) is 12.0. The first kappa shape index (κ1) is 13.7. The number of benzene rings is 1. The molecule has 2 heterocycles. The topological polar surface area (TPSA) is 68.8 Å². The fraction of sp³-hybridized carbons (Fsp3) is 0.250. The molecule has 0 aliphatic carbocycles. The zero-order chi connectivity index (χ0) is 14.7. The van der Waals surface area contributed by atoms with E-state index in [1.54, 1.807) is 0 Å². The van der Waals surface area contributed by atoms with E-state index in [-0.39, 0.29) is 6.04 Å². The lowest BCUT2D eigenvalue weighted by Crippen LogP contribution is -2.29. The lowest BCUT2D eigenvalue weighted by Gasteiger charge is -2.17. The molecule has 0 saturated heterocycles. The molecule has 5 heteroatoms. The third kappa shape index (κ3) is 2.79. The third-order valence-electron chi connectivity index (χ3n) is 3.71. The average Bonchev–Trinajstić information content (AvgIpc) is 3.00. The van der Waals surface area contributed by atoms with Crippen molar-refractivity contribution in [1.29, 1.82) is 0 Å². The van der Waals surface area contributed by atoms with Gasteiger partial charge in [0.25, 0.3) is 0 Å². The molecule has 0 fully saturated rings. The Kier molecular flexibility index (Phi) is 3.94. The Morgan fingerprint density at radius 2 is 2.14 bits per heavy atom. The number of nitrogens with one attached hydrogen (secondary N) is 1. The maximum Gasteiger partial charge on any atom is 0.0705 e. The molecule has 0 radical (unpaired) electrons. The third-order valence-corrected chi connectivity index (χ3v) is 3.71. The molecule has 0 amide bonds. The quantitative estimate of drug-likeness (QED) is 0.555. The molecule has 3 N–H and O–H groups in total. The normalized spacial score (nSPS) is 12.7. The first-order chi connectivity index (χ1) is 10.3. The molecular formula is C16H19N5. The van der Waals surface area contributed by atoms with Gasteiger partial charge >= 0.3 is 0 Å². The summed E-state index contributed by atoms with van der Waals surface area (Å²) in [4.78, 5) is 4.40. The summed E-state index contributed by atoms with van der Waals surface area (Å²) in [7, 11) is 0. The first-order valence-corrected chi connectivity index (χ1v) is 7.13. The Bertz CT molecular complexity index is 729. The summed E-state index contributed by atoms with van der Waals surface area (Å²) in [5, 5.41) is 5.44. The lowest BCUT2D eigenvalue weighted by molar-refractivity contribution is 0.554. The van der Waals surface area contributed by atoms with Crippen LogP contribution in [0.2, 0.25) is 0 Å². The number of hydrazine groups is 1. The summed E-state index contributed by atoms with van der Waals surface area (Å²) in [6.07, 6.45) is 6.59. The number of hydrogen-bond acceptors (Lipinski definition) is 4. The van der Waals surface area contributed by atoms with Gasteiger partial charge in [0.15, 0.2) is 0 Å². The van der Waals surface area contributed by atoms with Crippen molar-refractivity contribution in [3.63, 3.8) is 0 Å². The van der Waals surface area contributed by atoms with E-state index in [1.807, 2.05) is 41.3 Å². The number of nitrogens with zero attached hydrogens (tertiary/aromatic N) is 3. The van der Waals surface area contributed by atoms with E-state index in [9.17, 15) is 0 Å². The summed E-state index contributed by atoms with van der Waals surface area (Å²) in [5.74, 6) is 5.79. The average molecular weight is 281 g/mol. The van der Waals surface area contributed by atoms with Crippen molar-refractivity contribution in [2.45, 2.75) is 25.9 Å². The van der Waals surface area contributed by atoms with Crippen molar-refractivity contribution < 1.29 is 0 Å². The van der Waals surface area contributed by atoms with E-state index in [2.05, 4.69) is 34.7 Å². The number of aryl methyl sites for hydroxylation is 1. The Balaban J connectivity index is 1.94. The van der Waals surface area contributed by atoms with E-state index in [1.165, 1.54) is 5.56 Å². The highest BCUT2D eigenvalue weighted by Gasteiger charge is 2.14. The van der Waals surface area contributed by atoms with Crippen LogP contribution in [0.4, 0.5) is 0 Å². The molecule has 2 aromatic heterocycles. The van der Waals surface area contributed by atoms with Crippen LogP contribution in [0.25, 0.3) is 10.9 Å². The van der Waals surface area contributed by atoms with Crippen molar-refractivity contribution in [2.24, 2.45) is 5.84 Å². The van der Waals surface area contributed by atoms with E-state index in [4.69, 9.17) is 5.84 Å². The summed E-state index contributed by atoms with van der Waals surface area (Å²) in [6.45, 7) is 2.95. The van der Waals surface area contributed by atoms with Crippen molar-refractivity contribution in [3.8, 4) is 0 Å². The maximum atomic E-state index is 5.79. The Hall–Kier alpha value is -2.24. The van der Waals surface area contributed by atoms with Crippen LogP contribution in [0.1, 0.15) is 24.1 Å². The van der Waals surface area contributed by atoms with Gasteiger partial charge < -0.3 is 0 Å². The minimum absolute atomic E-state index is 0.0346. The molecule has 5 nitrogen and oxygen atoms in total. The summed E-state index contributed by atoms with van der Waals surface area (Å²) < 4.78 is 1.92. The van der Waals surface area contributed by atoms with Gasteiger partial charge in [-0.05, 0) is 36.6 Å². The Labute approximate surface area is 123 Å². The molecule has 0 aliphatic heterocycles. The predicted octanol–water partition coefficient (Wildman–Crippen LogP) is 2.20. The van der Waals surface area contributed by atoms with Gasteiger partial charge in [0.2, 0.25) is 0 Å². The summed E-state index contributed by atoms with van der Waals surface area (Å²) in [6, 6.07) is 10.2. The van der Waals surface area contributed by atoms with Crippen molar-refractivity contribution in [2.75, 3.05) is 0 Å². The summed E-state index contributed by atoms with van der Waals surface area (Å²) >= 11 is 0. The highest BCUT2D eigenvalue weighted by atomic mass is 15.3. The standard InChI is InChI=1S/C16H19N5/c1-2-21-11-12(10-19-21)9-16(20-17)14-7-8-18-15-6-4-3-5-13(14)15/h3-8,10-11,16,20H,2,9,17H2,1H3. The molecule has 0 saturated carbocycles. The van der Waals surface area contributed by atoms with Crippen LogP contribution in [0.5, 0.6) is 0 Å². The number of pyridine rings is 1. The second-order valence-corrected chi connectivity index (χ2v) is 5.04. The van der Waals surface area contributed by atoms with Gasteiger partial charge in [-0.2, -0.15) is 5.10 Å². The van der Waals surface area contributed by atoms with Crippen molar-refractivity contribution >= 4 is 10.9 Å². The molecule has 3 rings (SSSR count). The molecule has 0 aliphatic rings. The molecule has 1 aromatic carbocycles. The van der Waals surface area contributed by atoms with Crippen LogP contribution >= 0.6 is 0 Å². The highest BCUT2D eigenvalue weighted by Crippen LogP contribution is 2.24. The van der Waals surface area contributed by atoms with E-state index < -0.39 is 0 Å². The van der Waals surface area contributed by atoms with Crippen LogP contribution in [0, 0.1) is 0 Å². The van der Waals surface area contributed by atoms with Crippen molar-refractivity contribution in [3.05, 3.63) is 60.0 Å². The minimum atomic E-state index is 0.0346. The minimum Gasteiger partial charge on any atom is -0.273 e. The number of hydrogen-bond donors (Lipinski definition) is 2. The smallest absolute Gasteiger partial charge is 0.0705 e. The first-order valence-electron chi connectivity index (χ1n) is 7.13. The van der Waals surface area contributed by atoms with Crippen LogP contribution in [0.15, 0.2) is 48.9 Å². The molecule has 3 aromatic rings. The Morgan fingerprint density at radius 1 is 1.29 bits per heavy atom. The van der Waals surface area contributed by atoms with E-state index in [0.717, 1.165) is 29.4 Å². The van der Waals surface area contributed by atoms with Gasteiger partial charge in [0.1, 0.15) is 0 Å². The second-order valence-electron chi connectivity index (χ2n) is 5.04. The number of nitrogens with two attached hydrogens (primary N) is 1. The molecule has 1 unspecified atom stereocenters. The molecule has 21 heavy (non-hydrogen) atoms. The highest BCUT2D eigenvalue weighted by molar-refractivity contribution is 5.82. The van der Waals surface area contributed by atoms with Crippen LogP contribution in [0.3, 0.4) is 0 Å². The summed E-state index contributed by atoms with van der Waals surface area (Å²) in [5.41, 5.74) is 6.23. The molecule has 0 spiro atoms. The largest absolute Gasteiger partial charge is 0.273 e. The number of rotatable bonds is 5. The van der Waals surface area contributed by atoms with Crippen LogP contribution in [-0.2, 0) is 13.0 Å². The number of fused-ring (bicyclic) bond motifs is 1. The second kappa shape index (κ2) is 6.03. The van der Waals surface area contributed by atoms with Crippen LogP contribution in [-0.4, -0.2) is 14.8 Å². The van der Waals surface area contributed by atoms with Gasteiger partial charge in [-0.1, -0.05) is 18.2 Å². The van der Waals surface area contributed by atoms with E-state index in [0.29, 0.717) is 0 Å². The van der Waals surface area contributed by atoms with Gasteiger partial charge in [0, 0.05) is 24.3 Å². The van der Waals surface area contributed by atoms with Crippen molar-refractivity contribution in [1.82, 2.24) is 20.2 Å². The monoisotopic (exact) mass is 281 g/mol. The Morgan fingerprint density at radius 3 is 2.90 bits per heavy atom. The van der Waals surface area contributed by atoms with Gasteiger partial charge in [0.05, 0.1) is 17.8 Å². The fourth-order valence-corrected chi connectivity index (χ4v) is 2.60. The van der Waals surface area contributed by atoms with Gasteiger partial charge in [-0.15, -0.1) is 0 Å².